The maximum atomic E-state index is 10.2. The molecule has 0 saturated carbocycles. The highest BCUT2D eigenvalue weighted by molar-refractivity contribution is 5.92. The van der Waals surface area contributed by atoms with Crippen molar-refractivity contribution in [3.05, 3.63) is 11.8 Å². The zero-order chi connectivity index (χ0) is 5.98. The molecule has 1 amide bonds. The van der Waals surface area contributed by atoms with Crippen LogP contribution in [0.5, 0.6) is 0 Å². The molecule has 0 bridgehead atoms. The number of hydrogen-bond acceptors (Lipinski definition) is 3. The van der Waals surface area contributed by atoms with Crippen LogP contribution in [0.4, 0.5) is 0 Å². The topological polar surface area (TPSA) is 64.4 Å². The van der Waals surface area contributed by atoms with E-state index < -0.39 is 5.91 Å². The summed E-state index contributed by atoms with van der Waals surface area (Å²) in [6.45, 7) is 0.273. The second kappa shape index (κ2) is 3.32. The Bertz CT molecular complexity index is 146. The molecule has 0 aromatic heterocycles. The van der Waals surface area contributed by atoms with E-state index in [0.717, 1.165) is 0 Å². The molecule has 0 unspecified atom stereocenters. The summed E-state index contributed by atoms with van der Waals surface area (Å²) in [5, 5.41) is 0. The van der Waals surface area contributed by atoms with Gasteiger partial charge in [0.25, 0.3) is 0 Å². The lowest BCUT2D eigenvalue weighted by atomic mass is 10.3. The van der Waals surface area contributed by atoms with E-state index in [9.17, 15) is 4.79 Å². The quantitative estimate of drug-likeness (QED) is 0.520. The number of amides is 1. The third kappa shape index (κ3) is 1.91. The number of hydroxylamine groups is 1. The fraction of sp³-hybridized carbons (Fsp3) is 0.250. The fourth-order valence-electron chi connectivity index (χ4n) is 0.416. The second-order valence-electron chi connectivity index (χ2n) is 1.44. The summed E-state index contributed by atoms with van der Waals surface area (Å²) in [7, 11) is 0. The summed E-state index contributed by atoms with van der Waals surface area (Å²) in [6.07, 6.45) is 1.45. The highest BCUT2D eigenvalue weighted by Gasteiger charge is 2.08. The summed E-state index contributed by atoms with van der Waals surface area (Å²) >= 11 is 0. The maximum Gasteiger partial charge on any atom is 0.248 e. The van der Waals surface area contributed by atoms with Crippen molar-refractivity contribution < 1.29 is 9.63 Å². The van der Waals surface area contributed by atoms with Crippen molar-refractivity contribution >= 4 is 18.3 Å². The number of hydrogen-bond donors (Lipinski definition) is 2. The molecule has 4 nitrogen and oxygen atoms in total. The molecule has 1 heterocycles. The van der Waals surface area contributed by atoms with Crippen molar-refractivity contribution in [2.45, 2.75) is 0 Å². The van der Waals surface area contributed by atoms with Gasteiger partial charge in [-0.25, -0.2) is 0 Å². The van der Waals surface area contributed by atoms with Gasteiger partial charge in [-0.15, -0.1) is 12.4 Å². The van der Waals surface area contributed by atoms with Crippen LogP contribution in [0.2, 0.25) is 0 Å². The van der Waals surface area contributed by atoms with Crippen LogP contribution in [0.15, 0.2) is 11.8 Å². The molecule has 0 aromatic rings. The molecule has 0 spiro atoms. The Balaban J connectivity index is 0.000000640. The van der Waals surface area contributed by atoms with E-state index in [1.54, 1.807) is 0 Å². The SMILES string of the molecule is Cl.NC(=O)C1=CNOC1. The molecule has 0 atom stereocenters. The zero-order valence-corrected chi connectivity index (χ0v) is 5.40. The van der Waals surface area contributed by atoms with Crippen LogP contribution in [0.1, 0.15) is 0 Å². The number of halogens is 1. The second-order valence-corrected chi connectivity index (χ2v) is 1.44. The summed E-state index contributed by atoms with van der Waals surface area (Å²) < 4.78 is 0. The van der Waals surface area contributed by atoms with Gasteiger partial charge in [0.2, 0.25) is 5.91 Å². The lowest BCUT2D eigenvalue weighted by Gasteiger charge is -1.87. The molecule has 0 radical (unpaired) electrons. The van der Waals surface area contributed by atoms with Crippen molar-refractivity contribution in [2.24, 2.45) is 5.73 Å². The van der Waals surface area contributed by atoms with Crippen LogP contribution >= 0.6 is 12.4 Å². The smallest absolute Gasteiger partial charge is 0.248 e. The normalized spacial score (nSPS) is 15.3. The molecule has 52 valence electrons. The van der Waals surface area contributed by atoms with E-state index in [2.05, 4.69) is 10.3 Å². The number of nitrogens with two attached hydrogens (primary N) is 1. The molecule has 0 saturated heterocycles. The molecule has 0 fully saturated rings. The minimum atomic E-state index is -0.435. The van der Waals surface area contributed by atoms with Crippen molar-refractivity contribution in [3.8, 4) is 0 Å². The molecule has 0 aliphatic carbocycles. The molecular weight excluding hydrogens is 144 g/mol. The van der Waals surface area contributed by atoms with Gasteiger partial charge in [-0.1, -0.05) is 0 Å². The first kappa shape index (κ1) is 8.26. The lowest BCUT2D eigenvalue weighted by Crippen LogP contribution is -2.14. The summed E-state index contributed by atoms with van der Waals surface area (Å²) in [5.41, 5.74) is 7.74. The van der Waals surface area contributed by atoms with E-state index in [-0.39, 0.29) is 19.0 Å². The molecule has 0 aromatic carbocycles. The van der Waals surface area contributed by atoms with Gasteiger partial charge < -0.3 is 5.73 Å². The predicted octanol–water partition coefficient (Wildman–Crippen LogP) is -0.688. The lowest BCUT2D eigenvalue weighted by molar-refractivity contribution is -0.114. The van der Waals surface area contributed by atoms with Crippen LogP contribution in [0.25, 0.3) is 0 Å². The Labute approximate surface area is 58.4 Å². The van der Waals surface area contributed by atoms with Crippen LogP contribution in [0.3, 0.4) is 0 Å². The standard InChI is InChI=1S/C4H6N2O2.ClH/c5-4(7)3-1-6-8-2-3;/h1,6H,2H2,(H2,5,7);1H. The Kier molecular flexibility index (Phi) is 3.05. The Morgan fingerprint density at radius 2 is 2.56 bits per heavy atom. The molecule has 1 aliphatic heterocycles. The van der Waals surface area contributed by atoms with Gasteiger partial charge in [-0.2, -0.15) is 0 Å². The molecule has 5 heteroatoms. The fourth-order valence-corrected chi connectivity index (χ4v) is 0.416. The van der Waals surface area contributed by atoms with Crippen molar-refractivity contribution in [2.75, 3.05) is 6.61 Å². The van der Waals surface area contributed by atoms with E-state index in [1.165, 1.54) is 6.20 Å². The Morgan fingerprint density at radius 3 is 2.78 bits per heavy atom. The minimum absolute atomic E-state index is 0. The zero-order valence-electron chi connectivity index (χ0n) is 4.59. The van der Waals surface area contributed by atoms with E-state index in [1.807, 2.05) is 0 Å². The molecular formula is C4H7ClN2O2. The number of rotatable bonds is 1. The minimum Gasteiger partial charge on any atom is -0.366 e. The summed E-state index contributed by atoms with van der Waals surface area (Å²) in [5.74, 6) is -0.435. The summed E-state index contributed by atoms with van der Waals surface area (Å²) in [6, 6.07) is 0. The molecule has 9 heavy (non-hydrogen) atoms. The summed E-state index contributed by atoms with van der Waals surface area (Å²) in [4.78, 5) is 14.8. The first-order valence-electron chi connectivity index (χ1n) is 2.17. The molecule has 1 rings (SSSR count). The third-order valence-corrected chi connectivity index (χ3v) is 0.861. The largest absolute Gasteiger partial charge is 0.366 e. The van der Waals surface area contributed by atoms with Crippen LogP contribution < -0.4 is 11.2 Å². The molecule has 1 aliphatic rings. The van der Waals surface area contributed by atoms with Crippen molar-refractivity contribution in [1.82, 2.24) is 5.48 Å². The Morgan fingerprint density at radius 1 is 1.89 bits per heavy atom. The monoisotopic (exact) mass is 150 g/mol. The van der Waals surface area contributed by atoms with Gasteiger partial charge in [-0.3, -0.25) is 15.1 Å². The highest BCUT2D eigenvalue weighted by Crippen LogP contribution is 1.96. The maximum absolute atomic E-state index is 10.2. The highest BCUT2D eigenvalue weighted by atomic mass is 35.5. The van der Waals surface area contributed by atoms with E-state index in [0.29, 0.717) is 5.57 Å². The van der Waals surface area contributed by atoms with Gasteiger partial charge in [0.1, 0.15) is 6.61 Å². The third-order valence-electron chi connectivity index (χ3n) is 0.861. The predicted molar refractivity (Wildman–Crippen MR) is 33.6 cm³/mol. The molecule has 3 N–H and O–H groups in total. The average Bonchev–Trinajstić information content (AvgIpc) is 2.12. The first-order chi connectivity index (χ1) is 3.80. The van der Waals surface area contributed by atoms with Crippen molar-refractivity contribution in [1.29, 1.82) is 0 Å². The van der Waals surface area contributed by atoms with Gasteiger partial charge in [-0.05, 0) is 0 Å². The van der Waals surface area contributed by atoms with Gasteiger partial charge >= 0.3 is 0 Å². The van der Waals surface area contributed by atoms with Crippen LogP contribution in [-0.2, 0) is 9.63 Å². The number of nitrogens with one attached hydrogen (secondary N) is 1. The van der Waals surface area contributed by atoms with Crippen LogP contribution in [-0.4, -0.2) is 12.5 Å². The first-order valence-corrected chi connectivity index (χ1v) is 2.17. The number of primary amides is 1. The van der Waals surface area contributed by atoms with Crippen molar-refractivity contribution in [3.63, 3.8) is 0 Å². The van der Waals surface area contributed by atoms with E-state index in [4.69, 9.17) is 5.73 Å². The van der Waals surface area contributed by atoms with Gasteiger partial charge in [0.05, 0.1) is 5.57 Å². The number of carbonyl (C=O) groups excluding carboxylic acids is 1. The van der Waals surface area contributed by atoms with E-state index >= 15 is 0 Å². The average molecular weight is 151 g/mol. The number of carbonyl (C=O) groups is 1. The van der Waals surface area contributed by atoms with Gasteiger partial charge in [0.15, 0.2) is 0 Å². The van der Waals surface area contributed by atoms with Gasteiger partial charge in [0, 0.05) is 6.20 Å². The van der Waals surface area contributed by atoms with Crippen LogP contribution in [0, 0.1) is 0 Å². The Hall–Kier alpha value is -0.740.